The summed E-state index contributed by atoms with van der Waals surface area (Å²) >= 11 is 0. The van der Waals surface area contributed by atoms with Gasteiger partial charge in [-0.2, -0.15) is 0 Å². The van der Waals surface area contributed by atoms with Crippen LogP contribution < -0.4 is 0 Å². The van der Waals surface area contributed by atoms with E-state index in [0.29, 0.717) is 18.8 Å². The smallest absolute Gasteiger partial charge is 0.338 e. The molecule has 7 nitrogen and oxygen atoms in total. The van der Waals surface area contributed by atoms with Gasteiger partial charge >= 0.3 is 5.97 Å². The van der Waals surface area contributed by atoms with Crippen molar-refractivity contribution in [3.8, 4) is 0 Å². The Labute approximate surface area is 198 Å². The van der Waals surface area contributed by atoms with Crippen molar-refractivity contribution in [3.63, 3.8) is 0 Å². The molecule has 1 aliphatic carbocycles. The van der Waals surface area contributed by atoms with Gasteiger partial charge in [-0.3, -0.25) is 4.98 Å². The number of aromatic nitrogens is 4. The molecule has 0 N–H and O–H groups in total. The van der Waals surface area contributed by atoms with Crippen LogP contribution in [0, 0.1) is 25.1 Å². The molecular weight excluding hydrogens is 464 g/mol. The van der Waals surface area contributed by atoms with Crippen LogP contribution in [-0.4, -0.2) is 40.0 Å². The number of imidazole rings is 1. The second kappa shape index (κ2) is 10.2. The van der Waals surface area contributed by atoms with Gasteiger partial charge in [-0.15, -0.1) is 0 Å². The minimum absolute atomic E-state index is 0. The largest absolute Gasteiger partial charge is 0.462 e. The van der Waals surface area contributed by atoms with Gasteiger partial charge < -0.3 is 23.8 Å². The van der Waals surface area contributed by atoms with E-state index in [4.69, 9.17) is 10.5 Å². The average molecular weight is 488 g/mol. The standard InChI is InChI=1S/C20H22N4O3P.Y/c1-13-18-19(22-11-21-13)24(12-23-18)17-7-15(16(8-17)10-27-28)9-26-20(25)14-5-3-2-4-6-14;/h2-6,12,15-17H,7-10,28H2,1H3;/q-1;/t15-,16+,17-;/m1./s1/i28T;/t15-,16+,17-,28?;. The van der Waals surface area contributed by atoms with Gasteiger partial charge in [0, 0.05) is 71.6 Å². The van der Waals surface area contributed by atoms with Gasteiger partial charge in [0.25, 0.3) is 0 Å². The van der Waals surface area contributed by atoms with E-state index >= 15 is 0 Å². The summed E-state index contributed by atoms with van der Waals surface area (Å²) < 4.78 is 20.4. The normalized spacial score (nSPS) is 22.0. The van der Waals surface area contributed by atoms with Crippen LogP contribution in [0.3, 0.4) is 0 Å². The summed E-state index contributed by atoms with van der Waals surface area (Å²) in [6, 6.07) is 9.17. The fourth-order valence-electron chi connectivity index (χ4n) is 3.95. The molecule has 4 rings (SSSR count). The van der Waals surface area contributed by atoms with Gasteiger partial charge in [0.15, 0.2) is 0 Å². The van der Waals surface area contributed by atoms with Crippen molar-refractivity contribution >= 4 is 26.5 Å². The van der Waals surface area contributed by atoms with E-state index in [0.717, 1.165) is 29.7 Å². The quantitative estimate of drug-likeness (QED) is 0.289. The molecule has 3 aromatic rings. The van der Waals surface area contributed by atoms with Crippen LogP contribution in [0.15, 0.2) is 36.7 Å². The molecule has 0 bridgehead atoms. The summed E-state index contributed by atoms with van der Waals surface area (Å²) in [5.41, 5.74) is 2.90. The van der Waals surface area contributed by atoms with Crippen LogP contribution in [0.4, 0.5) is 0 Å². The fourth-order valence-corrected chi connectivity index (χ4v) is 4.16. The molecule has 1 aromatic carbocycles. The van der Waals surface area contributed by atoms with E-state index in [1.54, 1.807) is 18.5 Å². The first kappa shape index (κ1) is 21.0. The van der Waals surface area contributed by atoms with Crippen molar-refractivity contribution in [2.24, 2.45) is 11.8 Å². The maximum absolute atomic E-state index is 12.3. The Morgan fingerprint density at radius 1 is 1.28 bits per heavy atom. The summed E-state index contributed by atoms with van der Waals surface area (Å²) in [4.78, 5) is 25.2. The molecule has 1 unspecified atom stereocenters. The first-order valence-corrected chi connectivity index (χ1v) is 9.66. The number of hydrogen-bond donors (Lipinski definition) is 0. The zero-order valence-electron chi connectivity index (χ0n) is 17.1. The molecule has 1 aliphatic rings. The number of fused-ring (bicyclic) bond motifs is 1. The number of carbonyl (C=O) groups excluding carboxylic acids is 1. The summed E-state index contributed by atoms with van der Waals surface area (Å²) in [7, 11) is -0.306. The Bertz CT molecular complexity index is 991. The van der Waals surface area contributed by atoms with Crippen molar-refractivity contribution < 1.29 is 46.8 Å². The van der Waals surface area contributed by atoms with Crippen LogP contribution in [0.25, 0.3) is 11.2 Å². The van der Waals surface area contributed by atoms with Gasteiger partial charge in [-0.1, -0.05) is 25.1 Å². The van der Waals surface area contributed by atoms with Crippen molar-refractivity contribution in [1.29, 1.82) is 1.28 Å². The van der Waals surface area contributed by atoms with Crippen molar-refractivity contribution in [2.75, 3.05) is 13.2 Å². The number of benzene rings is 1. The van der Waals surface area contributed by atoms with Crippen molar-refractivity contribution in [1.82, 2.24) is 19.5 Å². The van der Waals surface area contributed by atoms with Gasteiger partial charge in [-0.05, 0) is 36.6 Å². The Balaban J connectivity index is 0.00000256. The van der Waals surface area contributed by atoms with E-state index in [1.165, 1.54) is 0 Å². The third-order valence-electron chi connectivity index (χ3n) is 5.43. The fraction of sp³-hybridized carbons (Fsp3) is 0.400. The number of carbonyl (C=O) groups is 1. The molecule has 2 aromatic heterocycles. The van der Waals surface area contributed by atoms with Crippen LogP contribution in [-0.2, 0) is 42.0 Å². The number of nitrogens with zero attached hydrogens (tertiary/aromatic N) is 4. The van der Waals surface area contributed by atoms with Gasteiger partial charge in [0.1, 0.15) is 0 Å². The number of hydrogen-bond acceptors (Lipinski definition) is 6. The third kappa shape index (κ3) is 4.91. The van der Waals surface area contributed by atoms with E-state index in [1.807, 2.05) is 25.1 Å². The molecule has 0 amide bonds. The molecule has 0 aliphatic heterocycles. The van der Waals surface area contributed by atoms with Gasteiger partial charge in [0.05, 0.1) is 26.4 Å². The molecule has 2 heterocycles. The predicted octanol–water partition coefficient (Wildman–Crippen LogP) is 3.16. The molecule has 149 valence electrons. The van der Waals surface area contributed by atoms with Crippen LogP contribution in [0.1, 0.15) is 34.9 Å². The minimum atomic E-state index is -0.317. The van der Waals surface area contributed by atoms with Gasteiger partial charge in [-0.25, -0.2) is 4.79 Å². The number of aryl methyl sites for hydroxylation is 1. The van der Waals surface area contributed by atoms with E-state index < -0.39 is 0 Å². The average Bonchev–Trinajstić information content (AvgIpc) is 3.35. The second-order valence-electron chi connectivity index (χ2n) is 7.15. The summed E-state index contributed by atoms with van der Waals surface area (Å²) in [6.45, 7) is 2.70. The zero-order valence-corrected chi connectivity index (χ0v) is 20.0. The Morgan fingerprint density at radius 2 is 2.03 bits per heavy atom. The first-order valence-electron chi connectivity index (χ1n) is 9.75. The van der Waals surface area contributed by atoms with Crippen molar-refractivity contribution in [3.05, 3.63) is 54.2 Å². The molecule has 1 radical (unpaired) electrons. The Hall–Kier alpha value is -1.27. The number of rotatable bonds is 7. The summed E-state index contributed by atoms with van der Waals surface area (Å²) in [5.74, 6) is 0.0290. The van der Waals surface area contributed by atoms with Crippen LogP contribution in [0.2, 0.25) is 0 Å². The molecule has 0 saturated heterocycles. The molecule has 1 fully saturated rings. The topological polar surface area (TPSA) is 79.1 Å². The number of esters is 1. The van der Waals surface area contributed by atoms with Crippen molar-refractivity contribution in [2.45, 2.75) is 25.8 Å². The van der Waals surface area contributed by atoms with Crippen LogP contribution >= 0.6 is 9.41 Å². The van der Waals surface area contributed by atoms with Crippen LogP contribution in [0.5, 0.6) is 0 Å². The summed E-state index contributed by atoms with van der Waals surface area (Å²) in [6.07, 6.45) is 6.17. The Morgan fingerprint density at radius 3 is 2.79 bits per heavy atom. The third-order valence-corrected chi connectivity index (χ3v) is 5.60. The zero-order chi connectivity index (χ0) is 20.2. The summed E-state index contributed by atoms with van der Waals surface area (Å²) in [5, 5.41) is 0. The molecule has 29 heavy (non-hydrogen) atoms. The molecule has 1 saturated carbocycles. The minimum Gasteiger partial charge on any atom is -0.462 e. The predicted molar refractivity (Wildman–Crippen MR) is 107 cm³/mol. The maximum atomic E-state index is 12.3. The molecule has 0 spiro atoms. The monoisotopic (exact) mass is 488 g/mol. The molecule has 9 heteroatoms. The van der Waals surface area contributed by atoms with E-state index in [9.17, 15) is 4.79 Å². The second-order valence-corrected chi connectivity index (χ2v) is 7.44. The molecule has 4 atom stereocenters. The maximum Gasteiger partial charge on any atom is 0.338 e. The van der Waals surface area contributed by atoms with Gasteiger partial charge in [0.2, 0.25) is 0 Å². The van der Waals surface area contributed by atoms with E-state index in [-0.39, 0.29) is 66.0 Å². The number of ether oxygens (including phenoxy) is 1. The Kier molecular flexibility index (Phi) is 7.36. The molecular formula is C20H22N4O3PY-. The first-order chi connectivity index (χ1) is 14.2. The van der Waals surface area contributed by atoms with E-state index in [2.05, 4.69) is 25.8 Å². The SMILES string of the molecule is [3H]POC[C@@H]1C[C@H](n2cnc3c(C)n[c-]nc32)C[C@@H]1COC(=O)c1ccccc1.[Y].